The number of ether oxygens (including phenoxy) is 1. The van der Waals surface area contributed by atoms with E-state index in [1.165, 1.54) is 18.2 Å². The van der Waals surface area contributed by atoms with Crippen molar-refractivity contribution in [3.63, 3.8) is 0 Å². The van der Waals surface area contributed by atoms with Crippen LogP contribution >= 0.6 is 0 Å². The Morgan fingerprint density at radius 3 is 2.81 bits per heavy atom. The molecule has 106 valence electrons. The second-order valence-electron chi connectivity index (χ2n) is 4.54. The van der Waals surface area contributed by atoms with Gasteiger partial charge in [-0.1, -0.05) is 18.2 Å². The number of anilines is 1. The van der Waals surface area contributed by atoms with E-state index in [1.54, 1.807) is 31.2 Å². The average molecular weight is 284 g/mol. The standard InChI is InChI=1S/C16H13FN2O2/c1-10-3-2-4-14(19)15(10)16(20)21-9-11-5-6-13(17)12(7-11)8-18/h2-7H,9,19H2,1H3. The molecule has 0 fully saturated rings. The fourth-order valence-corrected chi connectivity index (χ4v) is 1.94. The third-order valence-electron chi connectivity index (χ3n) is 3.03. The maximum Gasteiger partial charge on any atom is 0.340 e. The molecular formula is C16H13FN2O2. The first-order valence-corrected chi connectivity index (χ1v) is 6.23. The fourth-order valence-electron chi connectivity index (χ4n) is 1.94. The largest absolute Gasteiger partial charge is 0.457 e. The number of halogens is 1. The SMILES string of the molecule is Cc1cccc(N)c1C(=O)OCc1ccc(F)c(C#N)c1. The van der Waals surface area contributed by atoms with E-state index in [0.717, 1.165) is 5.56 Å². The van der Waals surface area contributed by atoms with Crippen molar-refractivity contribution in [2.75, 3.05) is 5.73 Å². The van der Waals surface area contributed by atoms with Gasteiger partial charge in [-0.15, -0.1) is 0 Å². The summed E-state index contributed by atoms with van der Waals surface area (Å²) in [5.41, 5.74) is 7.60. The summed E-state index contributed by atoms with van der Waals surface area (Å²) >= 11 is 0. The Morgan fingerprint density at radius 2 is 2.14 bits per heavy atom. The van der Waals surface area contributed by atoms with E-state index in [-0.39, 0.29) is 12.2 Å². The molecule has 2 N–H and O–H groups in total. The first-order chi connectivity index (χ1) is 10.0. The molecule has 2 aromatic rings. The number of nitriles is 1. The smallest absolute Gasteiger partial charge is 0.340 e. The molecule has 0 aliphatic rings. The Morgan fingerprint density at radius 1 is 1.38 bits per heavy atom. The zero-order valence-electron chi connectivity index (χ0n) is 11.4. The van der Waals surface area contributed by atoms with Gasteiger partial charge in [0.25, 0.3) is 0 Å². The molecule has 0 aliphatic carbocycles. The van der Waals surface area contributed by atoms with Gasteiger partial charge in [0.15, 0.2) is 0 Å². The summed E-state index contributed by atoms with van der Waals surface area (Å²) in [6.45, 7) is 1.71. The predicted molar refractivity (Wildman–Crippen MR) is 75.8 cm³/mol. The average Bonchev–Trinajstić information content (AvgIpc) is 2.46. The van der Waals surface area contributed by atoms with E-state index < -0.39 is 11.8 Å². The monoisotopic (exact) mass is 284 g/mol. The van der Waals surface area contributed by atoms with Gasteiger partial charge in [-0.05, 0) is 36.2 Å². The van der Waals surface area contributed by atoms with Gasteiger partial charge >= 0.3 is 5.97 Å². The van der Waals surface area contributed by atoms with Gasteiger partial charge in [0.05, 0.1) is 11.1 Å². The Kier molecular flexibility index (Phi) is 4.19. The summed E-state index contributed by atoms with van der Waals surface area (Å²) in [5, 5.41) is 8.76. The molecule has 0 saturated heterocycles. The summed E-state index contributed by atoms with van der Waals surface area (Å²) in [6, 6.07) is 10.9. The van der Waals surface area contributed by atoms with Crippen LogP contribution in [-0.4, -0.2) is 5.97 Å². The Bertz CT molecular complexity index is 715. The number of benzene rings is 2. The van der Waals surface area contributed by atoms with Crippen LogP contribution in [0.4, 0.5) is 10.1 Å². The summed E-state index contributed by atoms with van der Waals surface area (Å²) in [4.78, 5) is 12.0. The number of aryl methyl sites for hydroxylation is 1. The molecule has 2 aromatic carbocycles. The number of hydrogen-bond donors (Lipinski definition) is 1. The van der Waals surface area contributed by atoms with Gasteiger partial charge in [0.2, 0.25) is 0 Å². The first kappa shape index (κ1) is 14.5. The van der Waals surface area contributed by atoms with Crippen LogP contribution in [0.25, 0.3) is 0 Å². The van der Waals surface area contributed by atoms with E-state index in [2.05, 4.69) is 0 Å². The summed E-state index contributed by atoms with van der Waals surface area (Å²) in [5.74, 6) is -1.15. The van der Waals surface area contributed by atoms with Gasteiger partial charge in [0, 0.05) is 5.69 Å². The van der Waals surface area contributed by atoms with Crippen LogP contribution in [-0.2, 0) is 11.3 Å². The topological polar surface area (TPSA) is 76.1 Å². The van der Waals surface area contributed by atoms with Crippen molar-refractivity contribution in [2.24, 2.45) is 0 Å². The van der Waals surface area contributed by atoms with Crippen LogP contribution in [0.1, 0.15) is 27.0 Å². The van der Waals surface area contributed by atoms with E-state index >= 15 is 0 Å². The molecule has 2 rings (SSSR count). The van der Waals surface area contributed by atoms with Crippen LogP contribution in [0, 0.1) is 24.1 Å². The Hall–Kier alpha value is -2.87. The third-order valence-corrected chi connectivity index (χ3v) is 3.03. The van der Waals surface area contributed by atoms with E-state index in [1.807, 2.05) is 0 Å². The molecule has 0 heterocycles. The molecule has 0 atom stereocenters. The van der Waals surface area contributed by atoms with Crippen molar-refractivity contribution in [3.8, 4) is 6.07 Å². The molecule has 0 aliphatic heterocycles. The van der Waals surface area contributed by atoms with E-state index in [9.17, 15) is 9.18 Å². The third kappa shape index (κ3) is 3.18. The van der Waals surface area contributed by atoms with Gasteiger partial charge in [-0.2, -0.15) is 5.26 Å². The molecule has 0 bridgehead atoms. The van der Waals surface area contributed by atoms with Crippen molar-refractivity contribution in [1.82, 2.24) is 0 Å². The molecule has 0 aromatic heterocycles. The lowest BCUT2D eigenvalue weighted by Crippen LogP contribution is -2.10. The highest BCUT2D eigenvalue weighted by Crippen LogP contribution is 2.18. The number of nitrogens with zero attached hydrogens (tertiary/aromatic N) is 1. The second-order valence-corrected chi connectivity index (χ2v) is 4.54. The van der Waals surface area contributed by atoms with Gasteiger partial charge in [-0.25, -0.2) is 9.18 Å². The molecule has 0 saturated carbocycles. The fraction of sp³-hybridized carbons (Fsp3) is 0.125. The maximum atomic E-state index is 13.2. The molecular weight excluding hydrogens is 271 g/mol. The number of nitrogen functional groups attached to an aromatic ring is 1. The Labute approximate surface area is 121 Å². The number of esters is 1. The minimum Gasteiger partial charge on any atom is -0.457 e. The van der Waals surface area contributed by atoms with E-state index in [0.29, 0.717) is 16.8 Å². The van der Waals surface area contributed by atoms with Gasteiger partial charge in [-0.3, -0.25) is 0 Å². The first-order valence-electron chi connectivity index (χ1n) is 6.23. The quantitative estimate of drug-likeness (QED) is 0.694. The van der Waals surface area contributed by atoms with Crippen molar-refractivity contribution in [1.29, 1.82) is 5.26 Å². The molecule has 21 heavy (non-hydrogen) atoms. The van der Waals surface area contributed by atoms with Crippen LogP contribution < -0.4 is 5.73 Å². The second kappa shape index (κ2) is 6.06. The highest BCUT2D eigenvalue weighted by atomic mass is 19.1. The molecule has 0 unspecified atom stereocenters. The zero-order chi connectivity index (χ0) is 15.4. The number of carbonyl (C=O) groups is 1. The van der Waals surface area contributed by atoms with Gasteiger partial charge < -0.3 is 10.5 Å². The molecule has 0 spiro atoms. The molecule has 4 nitrogen and oxygen atoms in total. The highest BCUT2D eigenvalue weighted by molar-refractivity contribution is 5.96. The molecule has 0 amide bonds. The van der Waals surface area contributed by atoms with Crippen molar-refractivity contribution in [2.45, 2.75) is 13.5 Å². The minimum atomic E-state index is -0.601. The van der Waals surface area contributed by atoms with Crippen LogP contribution in [0.2, 0.25) is 0 Å². The van der Waals surface area contributed by atoms with Gasteiger partial charge in [0.1, 0.15) is 18.5 Å². The van der Waals surface area contributed by atoms with E-state index in [4.69, 9.17) is 15.7 Å². The van der Waals surface area contributed by atoms with Crippen LogP contribution in [0.15, 0.2) is 36.4 Å². The van der Waals surface area contributed by atoms with Crippen LogP contribution in [0.5, 0.6) is 0 Å². The molecule has 5 heteroatoms. The molecule has 0 radical (unpaired) electrons. The van der Waals surface area contributed by atoms with Crippen molar-refractivity contribution >= 4 is 11.7 Å². The highest BCUT2D eigenvalue weighted by Gasteiger charge is 2.14. The summed E-state index contributed by atoms with van der Waals surface area (Å²) in [6.07, 6.45) is 0. The number of nitrogens with two attached hydrogens (primary N) is 1. The lowest BCUT2D eigenvalue weighted by atomic mass is 10.1. The number of carbonyl (C=O) groups excluding carboxylic acids is 1. The van der Waals surface area contributed by atoms with Crippen molar-refractivity contribution < 1.29 is 13.9 Å². The lowest BCUT2D eigenvalue weighted by Gasteiger charge is -2.09. The minimum absolute atomic E-state index is 0.0540. The summed E-state index contributed by atoms with van der Waals surface area (Å²) in [7, 11) is 0. The predicted octanol–water partition coefficient (Wildman–Crippen LogP) is 2.95. The van der Waals surface area contributed by atoms with Crippen LogP contribution in [0.3, 0.4) is 0 Å². The zero-order valence-corrected chi connectivity index (χ0v) is 11.4. The lowest BCUT2D eigenvalue weighted by molar-refractivity contribution is 0.0473. The van der Waals surface area contributed by atoms with Crippen molar-refractivity contribution in [3.05, 3.63) is 64.5 Å². The number of hydrogen-bond acceptors (Lipinski definition) is 4. The Balaban J connectivity index is 2.13. The summed E-state index contributed by atoms with van der Waals surface area (Å²) < 4.78 is 18.4. The number of rotatable bonds is 3. The maximum absolute atomic E-state index is 13.2. The normalized spacial score (nSPS) is 9.95.